The summed E-state index contributed by atoms with van der Waals surface area (Å²) in [7, 11) is -4.25. The molecule has 0 unspecified atom stereocenters. The summed E-state index contributed by atoms with van der Waals surface area (Å²) in [5.41, 5.74) is -0.0447. The molecule has 244 valence electrons. The molecule has 0 spiro atoms. The van der Waals surface area contributed by atoms with Gasteiger partial charge in [-0.15, -0.1) is 0 Å². The van der Waals surface area contributed by atoms with E-state index < -0.39 is 51.0 Å². The molecule has 0 aromatic heterocycles. The lowest BCUT2D eigenvalue weighted by Gasteiger charge is -2.35. The van der Waals surface area contributed by atoms with Crippen molar-refractivity contribution in [2.75, 3.05) is 26.3 Å². The summed E-state index contributed by atoms with van der Waals surface area (Å²) in [4.78, 5) is 23.5. The lowest BCUT2D eigenvalue weighted by molar-refractivity contribution is -0.384. The van der Waals surface area contributed by atoms with Crippen LogP contribution in [0.2, 0.25) is 0 Å². The van der Waals surface area contributed by atoms with Gasteiger partial charge in [0.1, 0.15) is 6.10 Å². The number of non-ortho nitro benzene ring substituents is 1. The number of carbonyl (C=O) groups is 1. The molecule has 0 aliphatic carbocycles. The number of fused-ring (bicyclic) bond motifs is 1. The van der Waals surface area contributed by atoms with E-state index in [9.17, 15) is 28.4 Å². The van der Waals surface area contributed by atoms with Gasteiger partial charge in [0.25, 0.3) is 5.69 Å². The van der Waals surface area contributed by atoms with Gasteiger partial charge >= 0.3 is 6.09 Å². The minimum Gasteiger partial charge on any atom is -0.443 e. The number of nitriles is 1. The third kappa shape index (κ3) is 9.21. The minimum absolute atomic E-state index is 0.0141. The Labute approximate surface area is 263 Å². The number of sulfonamides is 1. The van der Waals surface area contributed by atoms with E-state index in [2.05, 4.69) is 11.4 Å². The zero-order valence-corrected chi connectivity index (χ0v) is 26.2. The molecule has 2 fully saturated rings. The number of ether oxygens (including phenoxy) is 3. The molecule has 2 aromatic carbocycles. The van der Waals surface area contributed by atoms with Crippen molar-refractivity contribution < 1.29 is 37.5 Å². The van der Waals surface area contributed by atoms with E-state index in [1.165, 1.54) is 0 Å². The fourth-order valence-corrected chi connectivity index (χ4v) is 7.34. The quantitative estimate of drug-likeness (QED) is 0.165. The number of nitrogens with one attached hydrogen (secondary N) is 1. The summed E-state index contributed by atoms with van der Waals surface area (Å²) in [6.07, 6.45) is -0.784. The Morgan fingerprint density at radius 2 is 1.93 bits per heavy atom. The lowest BCUT2D eigenvalue weighted by atomic mass is 9.87. The van der Waals surface area contributed by atoms with Gasteiger partial charge in [0.15, 0.2) is 6.29 Å². The van der Waals surface area contributed by atoms with E-state index in [1.54, 1.807) is 0 Å². The smallest absolute Gasteiger partial charge is 0.407 e. The summed E-state index contributed by atoms with van der Waals surface area (Å²) in [5.74, 6) is -0.0844. The second kappa shape index (κ2) is 15.1. The highest BCUT2D eigenvalue weighted by Crippen LogP contribution is 2.33. The molecular formula is C31H40N4O9S. The number of nitrogens with zero attached hydrogens (tertiary/aromatic N) is 3. The fraction of sp³-hybridized carbons (Fsp3) is 0.548. The number of aliphatic hydroxyl groups excluding tert-OH is 1. The Balaban J connectivity index is 1.57. The molecular weight excluding hydrogens is 604 g/mol. The molecule has 2 heterocycles. The first-order chi connectivity index (χ1) is 21.4. The van der Waals surface area contributed by atoms with Crippen LogP contribution < -0.4 is 5.32 Å². The van der Waals surface area contributed by atoms with Crippen molar-refractivity contribution in [3.8, 4) is 6.07 Å². The van der Waals surface area contributed by atoms with Gasteiger partial charge < -0.3 is 24.6 Å². The van der Waals surface area contributed by atoms with Crippen LogP contribution >= 0.6 is 0 Å². The topological polar surface area (TPSA) is 181 Å². The van der Waals surface area contributed by atoms with Crippen LogP contribution in [0, 0.1) is 32.8 Å². The largest absolute Gasteiger partial charge is 0.443 e. The number of benzene rings is 2. The maximum atomic E-state index is 14.0. The highest BCUT2D eigenvalue weighted by molar-refractivity contribution is 7.89. The van der Waals surface area contributed by atoms with Gasteiger partial charge in [0.2, 0.25) is 10.0 Å². The maximum Gasteiger partial charge on any atom is 0.407 e. The number of carbonyl (C=O) groups excluding carboxylic acids is 1. The van der Waals surface area contributed by atoms with Gasteiger partial charge in [0, 0.05) is 31.6 Å². The standard InChI is InChI=1S/C31H40N4O9S/c1-31(2,15-6-7-16-32)21-34(45(40,41)24-12-10-23(11-13-24)35(38)39)19-27(36)26(18-22-8-4-3-5-9-22)33-30(37)44-28-20-43-29-25(28)14-17-42-29/h3-5,8-13,25-29,36H,6-7,14-15,17-21H2,1-2H3,(H,33,37)/t25-,26-,27+,28-,29+/m0/s1. The first-order valence-corrected chi connectivity index (χ1v) is 16.4. The molecule has 2 aromatic rings. The third-order valence-corrected chi connectivity index (χ3v) is 9.96. The zero-order valence-electron chi connectivity index (χ0n) is 25.4. The first-order valence-electron chi connectivity index (χ1n) is 14.9. The van der Waals surface area contributed by atoms with E-state index in [0.717, 1.165) is 34.1 Å². The van der Waals surface area contributed by atoms with Crippen LogP contribution in [0.5, 0.6) is 0 Å². The number of hydrogen-bond donors (Lipinski definition) is 2. The van der Waals surface area contributed by atoms with E-state index in [4.69, 9.17) is 19.5 Å². The van der Waals surface area contributed by atoms with Gasteiger partial charge in [-0.2, -0.15) is 9.57 Å². The Kier molecular flexibility index (Phi) is 11.5. The zero-order chi connectivity index (χ0) is 32.6. The predicted molar refractivity (Wildman–Crippen MR) is 162 cm³/mol. The molecule has 13 nitrogen and oxygen atoms in total. The normalized spacial score (nSPS) is 21.1. The van der Waals surface area contributed by atoms with Crippen LogP contribution in [0.1, 0.15) is 45.1 Å². The Morgan fingerprint density at radius 1 is 1.22 bits per heavy atom. The molecule has 5 atom stereocenters. The molecule has 2 N–H and O–H groups in total. The van der Waals surface area contributed by atoms with Crippen molar-refractivity contribution >= 4 is 21.8 Å². The highest BCUT2D eigenvalue weighted by Gasteiger charge is 2.44. The number of aliphatic hydroxyl groups is 1. The van der Waals surface area contributed by atoms with Crippen LogP contribution in [-0.2, 0) is 30.7 Å². The highest BCUT2D eigenvalue weighted by atomic mass is 32.2. The molecule has 0 radical (unpaired) electrons. The average molecular weight is 645 g/mol. The number of rotatable bonds is 15. The number of unbranched alkanes of at least 4 members (excludes halogenated alkanes) is 1. The number of nitro groups is 1. The fourth-order valence-electron chi connectivity index (χ4n) is 5.70. The van der Waals surface area contributed by atoms with Gasteiger partial charge in [-0.05, 0) is 48.8 Å². The summed E-state index contributed by atoms with van der Waals surface area (Å²) in [6.45, 7) is 4.05. The molecule has 0 saturated carbocycles. The number of amides is 1. The first kappa shape index (κ1) is 34.3. The monoisotopic (exact) mass is 644 g/mol. The van der Waals surface area contributed by atoms with Crippen LogP contribution in [0.15, 0.2) is 59.5 Å². The number of hydrogen-bond acceptors (Lipinski definition) is 10. The molecule has 14 heteroatoms. The Bertz CT molecular complexity index is 1450. The SMILES string of the molecule is CC(C)(CCCC#N)CN(C[C@@H](O)[C@H](Cc1ccccc1)NC(=O)O[C@H]1CO[C@H]2OCC[C@H]21)S(=O)(=O)c1ccc([N+](=O)[O-])cc1. The van der Waals surface area contributed by atoms with Crippen molar-refractivity contribution in [1.82, 2.24) is 9.62 Å². The number of nitro benzene ring substituents is 1. The van der Waals surface area contributed by atoms with Crippen molar-refractivity contribution in [2.45, 2.75) is 75.4 Å². The third-order valence-electron chi connectivity index (χ3n) is 8.13. The van der Waals surface area contributed by atoms with Crippen LogP contribution in [0.25, 0.3) is 0 Å². The van der Waals surface area contributed by atoms with E-state index in [-0.39, 0.29) is 42.6 Å². The Morgan fingerprint density at radius 3 is 2.60 bits per heavy atom. The second-order valence-corrected chi connectivity index (χ2v) is 14.1. The summed E-state index contributed by atoms with van der Waals surface area (Å²) in [5, 5.41) is 34.5. The molecule has 0 bridgehead atoms. The average Bonchev–Trinajstić information content (AvgIpc) is 3.62. The second-order valence-electron chi connectivity index (χ2n) is 12.2. The molecule has 45 heavy (non-hydrogen) atoms. The number of alkyl carbamates (subject to hydrolysis) is 1. The van der Waals surface area contributed by atoms with Gasteiger partial charge in [-0.1, -0.05) is 44.2 Å². The summed E-state index contributed by atoms with van der Waals surface area (Å²) >= 11 is 0. The van der Waals surface area contributed by atoms with Crippen LogP contribution in [0.4, 0.5) is 10.5 Å². The molecule has 2 saturated heterocycles. The molecule has 1 amide bonds. The van der Waals surface area contributed by atoms with Crippen LogP contribution in [0.3, 0.4) is 0 Å². The van der Waals surface area contributed by atoms with Gasteiger partial charge in [-0.25, -0.2) is 13.2 Å². The summed E-state index contributed by atoms with van der Waals surface area (Å²) < 4.78 is 45.8. The predicted octanol–water partition coefficient (Wildman–Crippen LogP) is 3.77. The van der Waals surface area contributed by atoms with Gasteiger partial charge in [0.05, 0.1) is 47.2 Å². The van der Waals surface area contributed by atoms with Crippen molar-refractivity contribution in [3.63, 3.8) is 0 Å². The van der Waals surface area contributed by atoms with E-state index >= 15 is 0 Å². The molecule has 4 rings (SSSR count). The van der Waals surface area contributed by atoms with E-state index in [1.807, 2.05) is 44.2 Å². The van der Waals surface area contributed by atoms with Crippen LogP contribution in [-0.4, -0.2) is 79.7 Å². The summed E-state index contributed by atoms with van der Waals surface area (Å²) in [6, 6.07) is 14.9. The van der Waals surface area contributed by atoms with Gasteiger partial charge in [-0.3, -0.25) is 10.1 Å². The molecule has 2 aliphatic heterocycles. The van der Waals surface area contributed by atoms with Crippen molar-refractivity contribution in [3.05, 3.63) is 70.3 Å². The Hall–Kier alpha value is -3.61. The van der Waals surface area contributed by atoms with Crippen molar-refractivity contribution in [2.24, 2.45) is 11.3 Å². The van der Waals surface area contributed by atoms with E-state index in [0.29, 0.717) is 32.3 Å². The lowest BCUT2D eigenvalue weighted by Crippen LogP contribution is -2.52. The molecule has 2 aliphatic rings. The van der Waals surface area contributed by atoms with Crippen molar-refractivity contribution in [1.29, 1.82) is 5.26 Å². The maximum absolute atomic E-state index is 14.0. The minimum atomic E-state index is -4.25.